The topological polar surface area (TPSA) is 32.8 Å². The van der Waals surface area contributed by atoms with Gasteiger partial charge in [-0.05, 0) is 45.1 Å². The molecule has 3 fully saturated rings. The van der Waals surface area contributed by atoms with Gasteiger partial charge in [-0.1, -0.05) is 15.9 Å². The van der Waals surface area contributed by atoms with E-state index in [4.69, 9.17) is 4.74 Å². The zero-order valence-corrected chi connectivity index (χ0v) is 15.1. The number of piperidine rings is 1. The van der Waals surface area contributed by atoms with Crippen molar-refractivity contribution in [2.75, 3.05) is 27.3 Å². The molecule has 2 saturated heterocycles. The maximum atomic E-state index is 14.7. The third-order valence-electron chi connectivity index (χ3n) is 6.03. The largest absolute Gasteiger partial charge is 0.375 e. The van der Waals surface area contributed by atoms with Gasteiger partial charge >= 0.3 is 0 Å². The molecule has 2 heterocycles. The Morgan fingerprint density at radius 3 is 2.77 bits per heavy atom. The molecule has 3 rings (SSSR count). The SMILES string of the molecule is COCC(=O)N1CC2C3CCC(Br)C(F)C3N(C)C2C[C@H]1C. The number of carbonyl (C=O) groups excluding carboxylic acids is 1. The van der Waals surface area contributed by atoms with Crippen molar-refractivity contribution in [3.05, 3.63) is 0 Å². The first-order chi connectivity index (χ1) is 10.5. The minimum absolute atomic E-state index is 0.00204. The summed E-state index contributed by atoms with van der Waals surface area (Å²) in [5.41, 5.74) is 0. The number of carbonyl (C=O) groups is 1. The molecule has 4 nitrogen and oxygen atoms in total. The van der Waals surface area contributed by atoms with Crippen molar-refractivity contribution >= 4 is 21.8 Å². The number of alkyl halides is 2. The smallest absolute Gasteiger partial charge is 0.248 e. The quantitative estimate of drug-likeness (QED) is 0.691. The van der Waals surface area contributed by atoms with Crippen LogP contribution in [0.25, 0.3) is 0 Å². The number of fused-ring (bicyclic) bond motifs is 3. The highest BCUT2D eigenvalue weighted by Gasteiger charge is 2.56. The van der Waals surface area contributed by atoms with Crippen molar-refractivity contribution in [1.82, 2.24) is 9.80 Å². The number of hydrogen-bond donors (Lipinski definition) is 0. The van der Waals surface area contributed by atoms with Crippen LogP contribution in [-0.4, -0.2) is 72.1 Å². The van der Waals surface area contributed by atoms with Gasteiger partial charge in [-0.2, -0.15) is 0 Å². The maximum Gasteiger partial charge on any atom is 0.248 e. The van der Waals surface area contributed by atoms with E-state index in [2.05, 4.69) is 34.8 Å². The molecule has 3 aliphatic rings. The summed E-state index contributed by atoms with van der Waals surface area (Å²) in [7, 11) is 3.62. The molecule has 0 radical (unpaired) electrons. The van der Waals surface area contributed by atoms with Crippen LogP contribution >= 0.6 is 15.9 Å². The van der Waals surface area contributed by atoms with Gasteiger partial charge in [0, 0.05) is 36.6 Å². The van der Waals surface area contributed by atoms with E-state index >= 15 is 0 Å². The summed E-state index contributed by atoms with van der Waals surface area (Å²) in [6, 6.07) is 0.592. The average molecular weight is 377 g/mol. The lowest BCUT2D eigenvalue weighted by Crippen LogP contribution is -2.53. The lowest BCUT2D eigenvalue weighted by molar-refractivity contribution is -0.140. The van der Waals surface area contributed by atoms with E-state index in [1.54, 1.807) is 7.11 Å². The molecule has 1 amide bonds. The highest BCUT2D eigenvalue weighted by Crippen LogP contribution is 2.48. The van der Waals surface area contributed by atoms with Crippen LogP contribution in [0.3, 0.4) is 0 Å². The fourth-order valence-electron chi connectivity index (χ4n) is 4.97. The van der Waals surface area contributed by atoms with Gasteiger partial charge in [-0.3, -0.25) is 9.69 Å². The first-order valence-corrected chi connectivity index (χ1v) is 9.15. The standard InChI is InChI=1S/C16H26BrFN2O2/c1-9-6-13-11(7-20(9)14(21)8-22-3)10-4-5-12(17)15(18)16(10)19(13)2/h9-13,15-16H,4-8H2,1-3H3/t9-,10?,11?,12?,13?,15?,16?/m1/s1. The normalized spacial score (nSPS) is 45.5. The zero-order chi connectivity index (χ0) is 16.0. The fraction of sp³-hybridized carbons (Fsp3) is 0.938. The monoisotopic (exact) mass is 376 g/mol. The van der Waals surface area contributed by atoms with Gasteiger partial charge in [0.25, 0.3) is 0 Å². The highest BCUT2D eigenvalue weighted by molar-refractivity contribution is 9.09. The van der Waals surface area contributed by atoms with Gasteiger partial charge in [0.1, 0.15) is 12.8 Å². The van der Waals surface area contributed by atoms with Crippen molar-refractivity contribution < 1.29 is 13.9 Å². The molecular formula is C16H26BrFN2O2. The molecule has 0 N–H and O–H groups in total. The molecular weight excluding hydrogens is 351 g/mol. The molecule has 1 saturated carbocycles. The molecule has 6 unspecified atom stereocenters. The Bertz CT molecular complexity index is 438. The van der Waals surface area contributed by atoms with Crippen LogP contribution in [0.2, 0.25) is 0 Å². The number of hydrogen-bond acceptors (Lipinski definition) is 3. The van der Waals surface area contributed by atoms with Gasteiger partial charge in [0.2, 0.25) is 5.91 Å². The molecule has 6 heteroatoms. The van der Waals surface area contributed by atoms with Gasteiger partial charge in [0.15, 0.2) is 0 Å². The zero-order valence-electron chi connectivity index (χ0n) is 13.5. The molecule has 0 aromatic heterocycles. The molecule has 126 valence electrons. The van der Waals surface area contributed by atoms with Crippen LogP contribution in [0.15, 0.2) is 0 Å². The molecule has 0 spiro atoms. The van der Waals surface area contributed by atoms with Crippen LogP contribution in [0.1, 0.15) is 26.2 Å². The molecule has 0 aromatic carbocycles. The second-order valence-electron chi connectivity index (χ2n) is 7.15. The molecule has 0 aromatic rings. The first kappa shape index (κ1) is 16.7. The van der Waals surface area contributed by atoms with Crippen molar-refractivity contribution in [1.29, 1.82) is 0 Å². The number of halogens is 2. The maximum absolute atomic E-state index is 14.7. The van der Waals surface area contributed by atoms with Crippen LogP contribution in [0.5, 0.6) is 0 Å². The molecule has 2 aliphatic heterocycles. The Balaban J connectivity index is 1.79. The number of ether oxygens (including phenoxy) is 1. The highest BCUT2D eigenvalue weighted by atomic mass is 79.9. The fourth-order valence-corrected chi connectivity index (χ4v) is 5.55. The van der Waals surface area contributed by atoms with Crippen molar-refractivity contribution in [3.8, 4) is 0 Å². The van der Waals surface area contributed by atoms with E-state index < -0.39 is 6.17 Å². The third kappa shape index (κ3) is 2.61. The number of amides is 1. The molecule has 1 aliphatic carbocycles. The summed E-state index contributed by atoms with van der Waals surface area (Å²) in [4.78, 5) is 16.5. The van der Waals surface area contributed by atoms with Crippen LogP contribution in [0.4, 0.5) is 4.39 Å². The number of rotatable bonds is 2. The molecule has 22 heavy (non-hydrogen) atoms. The Morgan fingerprint density at radius 1 is 1.36 bits per heavy atom. The van der Waals surface area contributed by atoms with Crippen LogP contribution in [-0.2, 0) is 9.53 Å². The van der Waals surface area contributed by atoms with Crippen LogP contribution in [0, 0.1) is 11.8 Å². The Morgan fingerprint density at radius 2 is 2.09 bits per heavy atom. The van der Waals surface area contributed by atoms with E-state index in [-0.39, 0.29) is 29.4 Å². The number of methoxy groups -OCH3 is 1. The summed E-state index contributed by atoms with van der Waals surface area (Å²) in [6.45, 7) is 2.99. The van der Waals surface area contributed by atoms with Gasteiger partial charge in [-0.25, -0.2) is 4.39 Å². The van der Waals surface area contributed by atoms with E-state index in [0.717, 1.165) is 25.8 Å². The number of likely N-dealkylation sites (tertiary alicyclic amines) is 2. The summed E-state index contributed by atoms with van der Waals surface area (Å²) in [5.74, 6) is 0.819. The van der Waals surface area contributed by atoms with Crippen molar-refractivity contribution in [2.24, 2.45) is 11.8 Å². The van der Waals surface area contributed by atoms with Crippen molar-refractivity contribution in [3.63, 3.8) is 0 Å². The summed E-state index contributed by atoms with van der Waals surface area (Å²) in [5, 5.41) is 0. The second-order valence-corrected chi connectivity index (χ2v) is 8.33. The van der Waals surface area contributed by atoms with E-state index in [0.29, 0.717) is 17.9 Å². The third-order valence-corrected chi connectivity index (χ3v) is 7.00. The van der Waals surface area contributed by atoms with Gasteiger partial charge in [0.05, 0.1) is 0 Å². The average Bonchev–Trinajstić information content (AvgIpc) is 2.75. The second kappa shape index (κ2) is 6.36. The Kier molecular flexibility index (Phi) is 4.82. The van der Waals surface area contributed by atoms with E-state index in [1.807, 2.05) is 4.90 Å². The summed E-state index contributed by atoms with van der Waals surface area (Å²) >= 11 is 3.50. The number of nitrogens with zero attached hydrogens (tertiary/aromatic N) is 2. The van der Waals surface area contributed by atoms with E-state index in [1.165, 1.54) is 0 Å². The lowest BCUT2D eigenvalue weighted by Gasteiger charge is -2.42. The lowest BCUT2D eigenvalue weighted by atomic mass is 9.75. The van der Waals surface area contributed by atoms with E-state index in [9.17, 15) is 9.18 Å². The van der Waals surface area contributed by atoms with Crippen molar-refractivity contribution in [2.45, 2.75) is 55.3 Å². The first-order valence-electron chi connectivity index (χ1n) is 8.24. The molecule has 7 atom stereocenters. The van der Waals surface area contributed by atoms with Crippen LogP contribution < -0.4 is 0 Å². The Labute approximate surface area is 140 Å². The Hall–Kier alpha value is -0.200. The van der Waals surface area contributed by atoms with Gasteiger partial charge < -0.3 is 9.64 Å². The van der Waals surface area contributed by atoms with Gasteiger partial charge in [-0.15, -0.1) is 0 Å². The summed E-state index contributed by atoms with van der Waals surface area (Å²) < 4.78 is 19.7. The predicted molar refractivity (Wildman–Crippen MR) is 86.8 cm³/mol. The molecule has 0 bridgehead atoms. The minimum atomic E-state index is -0.812. The summed E-state index contributed by atoms with van der Waals surface area (Å²) in [6.07, 6.45) is 2.06. The minimum Gasteiger partial charge on any atom is -0.375 e. The predicted octanol–water partition coefficient (Wildman–Crippen LogP) is 2.06.